The van der Waals surface area contributed by atoms with Gasteiger partial charge in [-0.1, -0.05) is 19.9 Å². The van der Waals surface area contributed by atoms with Crippen molar-refractivity contribution in [2.45, 2.75) is 44.8 Å². The summed E-state index contributed by atoms with van der Waals surface area (Å²) in [5.41, 5.74) is 9.80. The van der Waals surface area contributed by atoms with Crippen molar-refractivity contribution < 1.29 is 12.8 Å². The zero-order valence-electron chi connectivity index (χ0n) is 22.9. The number of hydrogen-bond acceptors (Lipinski definition) is 10. The number of alkyl halides is 1. The maximum atomic E-state index is 13.1. The molecule has 0 amide bonds. The average molecular weight is 567 g/mol. The van der Waals surface area contributed by atoms with Gasteiger partial charge in [-0.2, -0.15) is 0 Å². The molecule has 2 saturated heterocycles. The number of fused-ring (bicyclic) bond motifs is 1. The molecule has 3 aromatic rings. The van der Waals surface area contributed by atoms with Crippen molar-refractivity contribution in [3.63, 3.8) is 0 Å². The van der Waals surface area contributed by atoms with Gasteiger partial charge in [-0.3, -0.25) is 0 Å². The largest absolute Gasteiger partial charge is 0.382 e. The van der Waals surface area contributed by atoms with Gasteiger partial charge in [0, 0.05) is 54.1 Å². The van der Waals surface area contributed by atoms with E-state index in [1.807, 2.05) is 23.2 Å². The van der Waals surface area contributed by atoms with Crippen LogP contribution in [0, 0.1) is 11.3 Å². The van der Waals surface area contributed by atoms with Crippen LogP contribution in [0.15, 0.2) is 42.4 Å². The van der Waals surface area contributed by atoms with Gasteiger partial charge in [0.15, 0.2) is 5.82 Å². The molecule has 10 nitrogen and oxygen atoms in total. The molecule has 5 N–H and O–H groups in total. The van der Waals surface area contributed by atoms with Crippen molar-refractivity contribution in [2.75, 3.05) is 35.4 Å². The summed E-state index contributed by atoms with van der Waals surface area (Å²) in [6.07, 6.45) is 6.80. The lowest BCUT2D eigenvalue weighted by Crippen LogP contribution is -2.63. The Hall–Kier alpha value is -3.64. The molecule has 2 aromatic heterocycles. The van der Waals surface area contributed by atoms with Gasteiger partial charge in [0.05, 0.1) is 23.5 Å². The lowest BCUT2D eigenvalue weighted by atomic mass is 9.92. The summed E-state index contributed by atoms with van der Waals surface area (Å²) in [6, 6.07) is 7.60. The Morgan fingerprint density at radius 1 is 1.27 bits per heavy atom. The zero-order chi connectivity index (χ0) is 28.6. The first kappa shape index (κ1) is 27.9. The van der Waals surface area contributed by atoms with E-state index < -0.39 is 16.5 Å². The predicted molar refractivity (Wildman–Crippen MR) is 158 cm³/mol. The zero-order valence-corrected chi connectivity index (χ0v) is 23.7. The molecule has 40 heavy (non-hydrogen) atoms. The number of anilines is 3. The lowest BCUT2D eigenvalue weighted by molar-refractivity contribution is 0.328. The summed E-state index contributed by atoms with van der Waals surface area (Å²) < 4.78 is 36.7. The minimum absolute atomic E-state index is 0.0722. The molecule has 0 aliphatic carbocycles. The van der Waals surface area contributed by atoms with Crippen molar-refractivity contribution in [1.82, 2.24) is 20.3 Å². The number of rotatable bonds is 9. The molecule has 0 bridgehead atoms. The Labute approximate surface area is 233 Å². The van der Waals surface area contributed by atoms with Crippen molar-refractivity contribution in [2.24, 2.45) is 11.7 Å². The van der Waals surface area contributed by atoms with Gasteiger partial charge < -0.3 is 26.7 Å². The van der Waals surface area contributed by atoms with Gasteiger partial charge in [0.1, 0.15) is 28.1 Å². The standard InChI is InChI=1S/C28H35FN8O2S/c1-16(2)19-5-7-24(37-14-17(27(37)31)15-40(3,38)39)22-13-33-26(10-20(19)22)35-25-8-9-32-28(36-25)21(12-30)23-6-4-18(11-29)34-23/h5,7-10,12-13,16-18,27,30,34H,4,6,11,14-15,31H2,1-3H3,(H,32,33,35,36)/b23-21+,30-12?/t17-,18+,27+/m1/s1. The summed E-state index contributed by atoms with van der Waals surface area (Å²) in [5.74, 6) is 1.71. The lowest BCUT2D eigenvalue weighted by Gasteiger charge is -2.47. The monoisotopic (exact) mass is 566 g/mol. The van der Waals surface area contributed by atoms with Gasteiger partial charge in [0.25, 0.3) is 0 Å². The van der Waals surface area contributed by atoms with Crippen molar-refractivity contribution in [3.05, 3.63) is 53.7 Å². The second-order valence-corrected chi connectivity index (χ2v) is 13.1. The van der Waals surface area contributed by atoms with Crippen LogP contribution in [0.5, 0.6) is 0 Å². The highest BCUT2D eigenvalue weighted by Gasteiger charge is 2.39. The Morgan fingerprint density at radius 2 is 2.08 bits per heavy atom. The first-order chi connectivity index (χ1) is 19.1. The first-order valence-electron chi connectivity index (χ1n) is 13.4. The number of nitrogens with two attached hydrogens (primary N) is 1. The number of nitrogens with zero attached hydrogens (tertiary/aromatic N) is 4. The van der Waals surface area contributed by atoms with E-state index in [4.69, 9.17) is 11.1 Å². The number of benzene rings is 1. The van der Waals surface area contributed by atoms with Gasteiger partial charge in [-0.05, 0) is 47.9 Å². The minimum atomic E-state index is -3.11. The van der Waals surface area contributed by atoms with Gasteiger partial charge in [-0.15, -0.1) is 0 Å². The molecule has 0 saturated carbocycles. The van der Waals surface area contributed by atoms with Crippen LogP contribution in [0.4, 0.5) is 21.7 Å². The van der Waals surface area contributed by atoms with E-state index in [9.17, 15) is 12.8 Å². The van der Waals surface area contributed by atoms with E-state index >= 15 is 0 Å². The fourth-order valence-electron chi connectivity index (χ4n) is 5.48. The molecule has 2 fully saturated rings. The molecule has 12 heteroatoms. The van der Waals surface area contributed by atoms with E-state index in [2.05, 4.69) is 45.5 Å². The third kappa shape index (κ3) is 5.64. The highest BCUT2D eigenvalue weighted by atomic mass is 32.2. The fourth-order valence-corrected chi connectivity index (χ4v) is 6.56. The third-order valence-corrected chi connectivity index (χ3v) is 8.60. The highest BCUT2D eigenvalue weighted by Crippen LogP contribution is 2.38. The van der Waals surface area contributed by atoms with Crippen LogP contribution >= 0.6 is 0 Å². The molecule has 212 valence electrons. The van der Waals surface area contributed by atoms with Crippen LogP contribution in [-0.2, 0) is 9.84 Å². The van der Waals surface area contributed by atoms with E-state index in [1.54, 1.807) is 12.3 Å². The van der Waals surface area contributed by atoms with Gasteiger partial charge >= 0.3 is 0 Å². The van der Waals surface area contributed by atoms with Gasteiger partial charge in [0.2, 0.25) is 0 Å². The quantitative estimate of drug-likeness (QED) is 0.284. The molecule has 2 aliphatic heterocycles. The summed E-state index contributed by atoms with van der Waals surface area (Å²) in [5, 5.41) is 16.3. The molecule has 1 aromatic carbocycles. The van der Waals surface area contributed by atoms with Crippen LogP contribution < -0.4 is 21.3 Å². The predicted octanol–water partition coefficient (Wildman–Crippen LogP) is 3.74. The maximum Gasteiger partial charge on any atom is 0.164 e. The topological polar surface area (TPSA) is 150 Å². The fraction of sp³-hybridized carbons (Fsp3) is 0.429. The number of nitrogens with one attached hydrogen (secondary N) is 3. The average Bonchev–Trinajstić information content (AvgIpc) is 3.39. The van der Waals surface area contributed by atoms with Gasteiger partial charge in [-0.25, -0.2) is 27.8 Å². The van der Waals surface area contributed by atoms with Crippen molar-refractivity contribution in [3.8, 4) is 0 Å². The minimum Gasteiger partial charge on any atom is -0.382 e. The van der Waals surface area contributed by atoms with Crippen LogP contribution in [0.2, 0.25) is 0 Å². The van der Waals surface area contributed by atoms with Crippen LogP contribution in [-0.4, -0.2) is 67.0 Å². The van der Waals surface area contributed by atoms with E-state index in [-0.39, 0.29) is 29.8 Å². The number of halogens is 1. The molecule has 0 radical (unpaired) electrons. The smallest absolute Gasteiger partial charge is 0.164 e. The number of hydrogen-bond donors (Lipinski definition) is 4. The normalized spacial score (nSPS) is 22.2. The molecule has 3 atom stereocenters. The number of sulfone groups is 1. The number of allylic oxidation sites excluding steroid dienone is 2. The third-order valence-electron chi connectivity index (χ3n) is 7.56. The number of aromatic nitrogens is 3. The van der Waals surface area contributed by atoms with Crippen LogP contribution in [0.3, 0.4) is 0 Å². The summed E-state index contributed by atoms with van der Waals surface area (Å²) in [4.78, 5) is 15.6. The highest BCUT2D eigenvalue weighted by molar-refractivity contribution is 7.90. The second kappa shape index (κ2) is 11.1. The van der Waals surface area contributed by atoms with Crippen molar-refractivity contribution >= 4 is 49.7 Å². The molecule has 2 aliphatic rings. The molecule has 4 heterocycles. The second-order valence-electron chi connectivity index (χ2n) is 10.9. The SMILES string of the molecule is CC(C)c1ccc(N2C[C@H](CS(C)(=O)=O)[C@H]2N)c2cnc(Nc3ccnc(/C(C=N)=C4\CC[C@@H](CF)N4)n3)cc12. The van der Waals surface area contributed by atoms with E-state index in [0.717, 1.165) is 27.7 Å². The molecular formula is C28H35FN8O2S. The Kier molecular flexibility index (Phi) is 7.74. The molecular weight excluding hydrogens is 531 g/mol. The molecule has 0 spiro atoms. The van der Waals surface area contributed by atoms with Crippen LogP contribution in [0.1, 0.15) is 44.0 Å². The first-order valence-corrected chi connectivity index (χ1v) is 15.4. The van der Waals surface area contributed by atoms with E-state index in [0.29, 0.717) is 42.4 Å². The summed E-state index contributed by atoms with van der Waals surface area (Å²) in [7, 11) is -3.11. The number of pyridine rings is 1. The Bertz CT molecular complexity index is 1580. The van der Waals surface area contributed by atoms with Crippen LogP contribution in [0.25, 0.3) is 16.3 Å². The Balaban J connectivity index is 1.44. The molecule has 5 rings (SSSR count). The van der Waals surface area contributed by atoms with Crippen molar-refractivity contribution in [1.29, 1.82) is 5.41 Å². The summed E-state index contributed by atoms with van der Waals surface area (Å²) >= 11 is 0. The van der Waals surface area contributed by atoms with E-state index in [1.165, 1.54) is 12.5 Å². The maximum absolute atomic E-state index is 13.1. The Morgan fingerprint density at radius 3 is 2.73 bits per heavy atom. The molecule has 0 unspecified atom stereocenters. The summed E-state index contributed by atoms with van der Waals surface area (Å²) in [6.45, 7) is 4.37.